The lowest BCUT2D eigenvalue weighted by Crippen LogP contribution is -2.24. The number of halogens is 1. The normalized spacial score (nSPS) is 12.2. The Labute approximate surface area is 166 Å². The number of aryl methyl sites for hydroxylation is 2. The van der Waals surface area contributed by atoms with Gasteiger partial charge >= 0.3 is 0 Å². The molecule has 0 amide bonds. The molecule has 0 radical (unpaired) electrons. The van der Waals surface area contributed by atoms with Gasteiger partial charge in [-0.1, -0.05) is 32.4 Å². The van der Waals surface area contributed by atoms with Crippen LogP contribution < -0.4 is 4.74 Å². The summed E-state index contributed by atoms with van der Waals surface area (Å²) in [6, 6.07) is 4.45. The summed E-state index contributed by atoms with van der Waals surface area (Å²) in [6.45, 7) is 14.6. The minimum atomic E-state index is -0.110. The molecule has 1 heterocycles. The zero-order valence-corrected chi connectivity index (χ0v) is 18.4. The molecule has 0 fully saturated rings. The van der Waals surface area contributed by atoms with Gasteiger partial charge in [0.05, 0.1) is 17.7 Å². The third-order valence-electron chi connectivity index (χ3n) is 4.21. The lowest BCUT2D eigenvalue weighted by Gasteiger charge is -2.17. The predicted molar refractivity (Wildman–Crippen MR) is 113 cm³/mol. The first-order chi connectivity index (χ1) is 12.0. The Hall–Kier alpha value is -1.59. The molecule has 1 aromatic heterocycles. The Morgan fingerprint density at radius 3 is 2.42 bits per heavy atom. The molecule has 1 aromatic carbocycles. The van der Waals surface area contributed by atoms with E-state index >= 15 is 0 Å². The molecule has 0 unspecified atom stereocenters. The quantitative estimate of drug-likeness (QED) is 0.429. The number of aliphatic imine (C=N–C) groups is 1. The molecule has 2 rings (SSSR count). The van der Waals surface area contributed by atoms with Crippen LogP contribution in [0.15, 0.2) is 17.1 Å². The highest BCUT2D eigenvalue weighted by molar-refractivity contribution is 7.08. The third kappa shape index (κ3) is 4.77. The summed E-state index contributed by atoms with van der Waals surface area (Å²) in [5.74, 6) is 0.782. The maximum atomic E-state index is 6.49. The highest BCUT2D eigenvalue weighted by Gasteiger charge is 2.25. The number of nitrogens with zero attached hydrogens (tertiary/aromatic N) is 3. The van der Waals surface area contributed by atoms with E-state index in [2.05, 4.69) is 48.9 Å². The largest absolute Gasteiger partial charge is 0.443 e. The van der Waals surface area contributed by atoms with Crippen molar-refractivity contribution in [1.82, 2.24) is 9.27 Å². The number of aromatic nitrogens is 1. The Kier molecular flexibility index (Phi) is 6.35. The van der Waals surface area contributed by atoms with Crippen LogP contribution in [0, 0.1) is 13.8 Å². The second-order valence-electron chi connectivity index (χ2n) is 7.89. The van der Waals surface area contributed by atoms with Crippen LogP contribution in [0.3, 0.4) is 0 Å². The van der Waals surface area contributed by atoms with Crippen LogP contribution in [0.4, 0.5) is 5.69 Å². The molecule has 0 spiro atoms. The Morgan fingerprint density at radius 1 is 1.23 bits per heavy atom. The van der Waals surface area contributed by atoms with Crippen molar-refractivity contribution in [3.8, 4) is 10.8 Å². The molecule has 26 heavy (non-hydrogen) atoms. The summed E-state index contributed by atoms with van der Waals surface area (Å²) in [7, 11) is 2.02. The molecule has 0 aliphatic carbocycles. The van der Waals surface area contributed by atoms with Crippen molar-refractivity contribution in [2.24, 2.45) is 4.99 Å². The molecule has 0 N–H and O–H groups in total. The Morgan fingerprint density at radius 2 is 1.88 bits per heavy atom. The molecule has 6 heteroatoms. The van der Waals surface area contributed by atoms with E-state index in [0.29, 0.717) is 16.1 Å². The fourth-order valence-corrected chi connectivity index (χ4v) is 3.56. The molecule has 0 aliphatic rings. The van der Waals surface area contributed by atoms with Crippen LogP contribution in [0.2, 0.25) is 5.02 Å². The van der Waals surface area contributed by atoms with Gasteiger partial charge in [-0.05, 0) is 51.0 Å². The molecule has 2 aromatic rings. The van der Waals surface area contributed by atoms with Crippen LogP contribution >= 0.6 is 23.1 Å². The van der Waals surface area contributed by atoms with Gasteiger partial charge in [-0.25, -0.2) is 4.99 Å². The van der Waals surface area contributed by atoms with Gasteiger partial charge in [-0.3, -0.25) is 0 Å². The minimum absolute atomic E-state index is 0.110. The van der Waals surface area contributed by atoms with Gasteiger partial charge in [0, 0.05) is 30.0 Å². The maximum Gasteiger partial charge on any atom is 0.219 e. The van der Waals surface area contributed by atoms with E-state index in [0.717, 1.165) is 28.3 Å². The average molecular weight is 394 g/mol. The second-order valence-corrected chi connectivity index (χ2v) is 9.01. The first-order valence-corrected chi connectivity index (χ1v) is 9.86. The number of benzene rings is 1. The van der Waals surface area contributed by atoms with Gasteiger partial charge in [0.1, 0.15) is 10.8 Å². The summed E-state index contributed by atoms with van der Waals surface area (Å²) < 4.78 is 10.6. The zero-order chi connectivity index (χ0) is 19.6. The Bertz CT molecular complexity index is 806. The van der Waals surface area contributed by atoms with E-state index in [-0.39, 0.29) is 5.41 Å². The molecule has 142 valence electrons. The second kappa shape index (κ2) is 7.97. The number of hydrogen-bond donors (Lipinski definition) is 0. The molecule has 0 saturated heterocycles. The van der Waals surface area contributed by atoms with Crippen LogP contribution in [0.1, 0.15) is 51.4 Å². The van der Waals surface area contributed by atoms with E-state index in [4.69, 9.17) is 16.3 Å². The molecular formula is C20H28ClN3OS. The van der Waals surface area contributed by atoms with E-state index in [1.165, 1.54) is 11.5 Å². The van der Waals surface area contributed by atoms with Crippen LogP contribution in [-0.4, -0.2) is 28.7 Å². The highest BCUT2D eigenvalue weighted by Crippen LogP contribution is 2.42. The van der Waals surface area contributed by atoms with Gasteiger partial charge in [-0.2, -0.15) is 4.37 Å². The highest BCUT2D eigenvalue weighted by atomic mass is 35.5. The standard InChI is InChI=1S/C20H28ClN3OS/c1-12(2)24(8)11-22-15-9-14(4)16(10-13(15)3)25-19-17(21)18(23-26-19)20(5,6)7/h9-12H,1-8H3. The number of hydrogen-bond acceptors (Lipinski definition) is 4. The number of ether oxygens (including phenoxy) is 1. The van der Waals surface area contributed by atoms with E-state index in [9.17, 15) is 0 Å². The van der Waals surface area contributed by atoms with Gasteiger partial charge in [-0.15, -0.1) is 0 Å². The lowest BCUT2D eigenvalue weighted by atomic mass is 9.92. The lowest BCUT2D eigenvalue weighted by molar-refractivity contribution is 0.429. The maximum absolute atomic E-state index is 6.49. The van der Waals surface area contributed by atoms with Gasteiger partial charge < -0.3 is 9.64 Å². The smallest absolute Gasteiger partial charge is 0.219 e. The van der Waals surface area contributed by atoms with Gasteiger partial charge in [0.25, 0.3) is 0 Å². The molecule has 0 atom stereocenters. The van der Waals surface area contributed by atoms with E-state index < -0.39 is 0 Å². The molecule has 4 nitrogen and oxygen atoms in total. The first kappa shape index (κ1) is 20.7. The van der Waals surface area contributed by atoms with Crippen molar-refractivity contribution in [1.29, 1.82) is 0 Å². The Balaban J connectivity index is 2.28. The van der Waals surface area contributed by atoms with Crippen molar-refractivity contribution in [3.05, 3.63) is 34.0 Å². The van der Waals surface area contributed by atoms with Crippen LogP contribution in [0.25, 0.3) is 0 Å². The van der Waals surface area contributed by atoms with Crippen LogP contribution in [-0.2, 0) is 5.41 Å². The summed E-state index contributed by atoms with van der Waals surface area (Å²) in [6.07, 6.45) is 1.86. The van der Waals surface area contributed by atoms with Gasteiger partial charge in [0.2, 0.25) is 5.06 Å². The predicted octanol–water partition coefficient (Wildman–Crippen LogP) is 6.50. The topological polar surface area (TPSA) is 37.7 Å². The fourth-order valence-electron chi connectivity index (χ4n) is 2.20. The van der Waals surface area contributed by atoms with Gasteiger partial charge in [0.15, 0.2) is 0 Å². The zero-order valence-electron chi connectivity index (χ0n) is 16.8. The van der Waals surface area contributed by atoms with Crippen molar-refractivity contribution in [3.63, 3.8) is 0 Å². The first-order valence-electron chi connectivity index (χ1n) is 8.71. The van der Waals surface area contributed by atoms with Crippen molar-refractivity contribution in [2.75, 3.05) is 7.05 Å². The molecule has 0 bridgehead atoms. The molecule has 0 saturated carbocycles. The van der Waals surface area contributed by atoms with Crippen LogP contribution in [0.5, 0.6) is 10.8 Å². The van der Waals surface area contributed by atoms with E-state index in [1.807, 2.05) is 39.4 Å². The van der Waals surface area contributed by atoms with Crippen molar-refractivity contribution in [2.45, 2.75) is 59.9 Å². The molecular weight excluding hydrogens is 366 g/mol. The SMILES string of the molecule is Cc1cc(Oc2snc(C(C)(C)C)c2Cl)c(C)cc1N=CN(C)C(C)C. The van der Waals surface area contributed by atoms with Crippen molar-refractivity contribution >= 4 is 35.2 Å². The average Bonchev–Trinajstić information content (AvgIpc) is 2.89. The molecule has 0 aliphatic heterocycles. The summed E-state index contributed by atoms with van der Waals surface area (Å²) in [5, 5.41) is 1.23. The van der Waals surface area contributed by atoms with E-state index in [1.54, 1.807) is 0 Å². The summed E-state index contributed by atoms with van der Waals surface area (Å²) in [4.78, 5) is 6.67. The summed E-state index contributed by atoms with van der Waals surface area (Å²) >= 11 is 7.78. The summed E-state index contributed by atoms with van der Waals surface area (Å²) in [5.41, 5.74) is 3.76. The number of rotatable bonds is 5. The monoisotopic (exact) mass is 393 g/mol. The third-order valence-corrected chi connectivity index (χ3v) is 5.40. The fraction of sp³-hybridized carbons (Fsp3) is 0.500. The van der Waals surface area contributed by atoms with Crippen molar-refractivity contribution < 1.29 is 4.74 Å². The minimum Gasteiger partial charge on any atom is -0.443 e.